The van der Waals surface area contributed by atoms with Gasteiger partial charge in [0.1, 0.15) is 23.9 Å². The molecular weight excluding hydrogens is 309 g/mol. The number of hydrogen-bond donors (Lipinski definition) is 0. The molecule has 3 aromatic rings. The van der Waals surface area contributed by atoms with Gasteiger partial charge in [0.15, 0.2) is 10.8 Å². The topological polar surface area (TPSA) is 52.8 Å². The summed E-state index contributed by atoms with van der Waals surface area (Å²) in [4.78, 5) is 11.9. The molecule has 2 aromatic heterocycles. The van der Waals surface area contributed by atoms with E-state index in [1.54, 1.807) is 4.57 Å². The quantitative estimate of drug-likeness (QED) is 0.681. The molecular formula is C12H6ClF3N4O. The van der Waals surface area contributed by atoms with Crippen molar-refractivity contribution >= 4 is 22.8 Å². The van der Waals surface area contributed by atoms with Gasteiger partial charge < -0.3 is 4.74 Å². The van der Waals surface area contributed by atoms with Crippen LogP contribution in [0.3, 0.4) is 0 Å². The lowest BCUT2D eigenvalue weighted by atomic mass is 10.3. The Labute approximate surface area is 121 Å². The number of ether oxygens (including phenoxy) is 1. The Hall–Kier alpha value is -2.35. The van der Waals surface area contributed by atoms with Crippen LogP contribution in [0.5, 0.6) is 5.75 Å². The minimum absolute atomic E-state index is 0.202. The van der Waals surface area contributed by atoms with E-state index in [2.05, 4.69) is 19.7 Å². The van der Waals surface area contributed by atoms with Crippen molar-refractivity contribution in [2.75, 3.05) is 0 Å². The van der Waals surface area contributed by atoms with Crippen molar-refractivity contribution in [1.82, 2.24) is 19.5 Å². The molecule has 0 bridgehead atoms. The van der Waals surface area contributed by atoms with E-state index in [1.807, 2.05) is 0 Å². The molecule has 0 aliphatic rings. The first-order valence-electron chi connectivity index (χ1n) is 5.64. The van der Waals surface area contributed by atoms with Crippen LogP contribution < -0.4 is 4.74 Å². The van der Waals surface area contributed by atoms with Crippen LogP contribution >= 0.6 is 11.6 Å². The molecule has 0 saturated carbocycles. The van der Waals surface area contributed by atoms with Crippen LogP contribution in [0.15, 0.2) is 36.9 Å². The van der Waals surface area contributed by atoms with Crippen molar-refractivity contribution < 1.29 is 17.9 Å². The summed E-state index contributed by atoms with van der Waals surface area (Å²) in [5.74, 6) is -0.307. The van der Waals surface area contributed by atoms with E-state index in [1.165, 1.54) is 36.9 Å². The fraction of sp³-hybridized carbons (Fsp3) is 0.0833. The van der Waals surface area contributed by atoms with Crippen molar-refractivity contribution in [2.24, 2.45) is 0 Å². The average Bonchev–Trinajstić information content (AvgIpc) is 2.83. The maximum atomic E-state index is 12.1. The van der Waals surface area contributed by atoms with Gasteiger partial charge in [-0.1, -0.05) is 11.6 Å². The summed E-state index contributed by atoms with van der Waals surface area (Å²) in [5, 5.41) is 0.202. The summed E-state index contributed by atoms with van der Waals surface area (Å²) < 4.78 is 41.7. The van der Waals surface area contributed by atoms with Gasteiger partial charge in [0.25, 0.3) is 0 Å². The van der Waals surface area contributed by atoms with Crippen LogP contribution in [0.25, 0.3) is 16.9 Å². The molecule has 3 rings (SSSR count). The molecule has 0 radical (unpaired) electrons. The molecule has 0 amide bonds. The molecule has 0 unspecified atom stereocenters. The van der Waals surface area contributed by atoms with Gasteiger partial charge in [0, 0.05) is 5.69 Å². The van der Waals surface area contributed by atoms with Gasteiger partial charge in [0.05, 0.1) is 0 Å². The zero-order valence-corrected chi connectivity index (χ0v) is 10.9. The Bertz CT molecular complexity index is 785. The van der Waals surface area contributed by atoms with Crippen LogP contribution in [0.2, 0.25) is 5.15 Å². The molecule has 0 aliphatic heterocycles. The fourth-order valence-electron chi connectivity index (χ4n) is 1.82. The lowest BCUT2D eigenvalue weighted by Crippen LogP contribution is -2.17. The Kier molecular flexibility index (Phi) is 3.17. The van der Waals surface area contributed by atoms with Crippen molar-refractivity contribution in [2.45, 2.75) is 6.36 Å². The molecule has 21 heavy (non-hydrogen) atoms. The normalized spacial score (nSPS) is 11.8. The highest BCUT2D eigenvalue weighted by Gasteiger charge is 2.31. The number of imidazole rings is 1. The summed E-state index contributed by atoms with van der Waals surface area (Å²) in [6.45, 7) is 0. The molecule has 0 spiro atoms. The standard InChI is InChI=1S/C12H6ClF3N4O/c13-10-9-11(18-5-17-10)19-6-20(9)7-1-3-8(4-2-7)21-12(14,15)16/h1-6H. The molecule has 9 heteroatoms. The van der Waals surface area contributed by atoms with Crippen LogP contribution in [-0.4, -0.2) is 25.9 Å². The third-order valence-corrected chi connectivity index (χ3v) is 2.92. The van der Waals surface area contributed by atoms with Crippen molar-refractivity contribution in [3.05, 3.63) is 42.1 Å². The Balaban J connectivity index is 2.00. The smallest absolute Gasteiger partial charge is 0.406 e. The number of alkyl halides is 3. The fourth-order valence-corrected chi connectivity index (χ4v) is 2.04. The summed E-state index contributed by atoms with van der Waals surface area (Å²) in [7, 11) is 0. The summed E-state index contributed by atoms with van der Waals surface area (Å²) in [6, 6.07) is 5.30. The average molecular weight is 315 g/mol. The third-order valence-electron chi connectivity index (χ3n) is 2.64. The molecule has 0 fully saturated rings. The van der Waals surface area contributed by atoms with Gasteiger partial charge in [-0.2, -0.15) is 0 Å². The second-order valence-electron chi connectivity index (χ2n) is 3.99. The first-order valence-corrected chi connectivity index (χ1v) is 6.01. The predicted molar refractivity (Wildman–Crippen MR) is 68.4 cm³/mol. The first-order chi connectivity index (χ1) is 9.94. The lowest BCUT2D eigenvalue weighted by Gasteiger charge is -2.10. The van der Waals surface area contributed by atoms with E-state index in [-0.39, 0.29) is 10.9 Å². The number of fused-ring (bicyclic) bond motifs is 1. The van der Waals surface area contributed by atoms with Crippen molar-refractivity contribution in [3.8, 4) is 11.4 Å². The molecule has 0 atom stereocenters. The molecule has 1 aromatic carbocycles. The van der Waals surface area contributed by atoms with Crippen molar-refractivity contribution in [3.63, 3.8) is 0 Å². The summed E-state index contributed by atoms with van der Waals surface area (Å²) >= 11 is 5.99. The minimum atomic E-state index is -4.72. The highest BCUT2D eigenvalue weighted by atomic mass is 35.5. The van der Waals surface area contributed by atoms with Gasteiger partial charge in [-0.15, -0.1) is 13.2 Å². The van der Waals surface area contributed by atoms with Crippen molar-refractivity contribution in [1.29, 1.82) is 0 Å². The zero-order valence-electron chi connectivity index (χ0n) is 10.2. The highest BCUT2D eigenvalue weighted by Crippen LogP contribution is 2.26. The first kappa shape index (κ1) is 13.6. The molecule has 0 N–H and O–H groups in total. The van der Waals surface area contributed by atoms with E-state index < -0.39 is 6.36 Å². The van der Waals surface area contributed by atoms with Crippen LogP contribution in [-0.2, 0) is 0 Å². The molecule has 2 heterocycles. The minimum Gasteiger partial charge on any atom is -0.406 e. The number of benzene rings is 1. The highest BCUT2D eigenvalue weighted by molar-refractivity contribution is 6.33. The van der Waals surface area contributed by atoms with Gasteiger partial charge in [-0.3, -0.25) is 4.57 Å². The van der Waals surface area contributed by atoms with Gasteiger partial charge in [-0.05, 0) is 24.3 Å². The molecule has 108 valence electrons. The number of rotatable bonds is 2. The van der Waals surface area contributed by atoms with Crippen LogP contribution in [0, 0.1) is 0 Å². The van der Waals surface area contributed by atoms with Crippen LogP contribution in [0.1, 0.15) is 0 Å². The summed E-state index contributed by atoms with van der Waals surface area (Å²) in [5.41, 5.74) is 1.43. The Morgan fingerprint density at radius 3 is 2.43 bits per heavy atom. The number of nitrogens with zero attached hydrogens (tertiary/aromatic N) is 4. The lowest BCUT2D eigenvalue weighted by molar-refractivity contribution is -0.274. The molecule has 0 saturated heterocycles. The second kappa shape index (κ2) is 4.88. The predicted octanol–water partition coefficient (Wildman–Crippen LogP) is 3.37. The number of halogens is 4. The largest absolute Gasteiger partial charge is 0.573 e. The maximum absolute atomic E-state index is 12.1. The Morgan fingerprint density at radius 1 is 1.05 bits per heavy atom. The zero-order chi connectivity index (χ0) is 15.0. The van der Waals surface area contributed by atoms with E-state index in [0.29, 0.717) is 16.9 Å². The van der Waals surface area contributed by atoms with E-state index >= 15 is 0 Å². The third kappa shape index (κ3) is 2.75. The van der Waals surface area contributed by atoms with Gasteiger partial charge >= 0.3 is 6.36 Å². The Morgan fingerprint density at radius 2 is 1.76 bits per heavy atom. The monoisotopic (exact) mass is 314 g/mol. The van der Waals surface area contributed by atoms with E-state index in [0.717, 1.165) is 0 Å². The van der Waals surface area contributed by atoms with E-state index in [4.69, 9.17) is 11.6 Å². The SMILES string of the molecule is FC(F)(F)Oc1ccc(-n2cnc3ncnc(Cl)c32)cc1. The number of hydrogen-bond acceptors (Lipinski definition) is 4. The molecule has 0 aliphatic carbocycles. The maximum Gasteiger partial charge on any atom is 0.573 e. The van der Waals surface area contributed by atoms with Crippen LogP contribution in [0.4, 0.5) is 13.2 Å². The van der Waals surface area contributed by atoms with E-state index in [9.17, 15) is 13.2 Å². The van der Waals surface area contributed by atoms with Gasteiger partial charge in [-0.25, -0.2) is 15.0 Å². The second-order valence-corrected chi connectivity index (χ2v) is 4.35. The van der Waals surface area contributed by atoms with Gasteiger partial charge in [0.2, 0.25) is 0 Å². The summed E-state index contributed by atoms with van der Waals surface area (Å²) in [6.07, 6.45) is -1.98. The number of aromatic nitrogens is 4. The molecule has 5 nitrogen and oxygen atoms in total.